The molecule has 0 atom stereocenters. The lowest BCUT2D eigenvalue weighted by atomic mass is 10.1. The monoisotopic (exact) mass is 237 g/mol. The molecule has 17 heavy (non-hydrogen) atoms. The Balaban J connectivity index is 2.22. The van der Waals surface area contributed by atoms with Crippen molar-refractivity contribution in [1.29, 1.82) is 0 Å². The van der Waals surface area contributed by atoms with Gasteiger partial charge in [-0.3, -0.25) is 9.59 Å². The van der Waals surface area contributed by atoms with Crippen molar-refractivity contribution >= 4 is 22.5 Å². The fraction of sp³-hybridized carbons (Fsp3) is 0.167. The van der Waals surface area contributed by atoms with E-state index >= 15 is 0 Å². The van der Waals surface area contributed by atoms with E-state index in [1.807, 2.05) is 0 Å². The van der Waals surface area contributed by atoms with Crippen molar-refractivity contribution in [2.75, 3.05) is 0 Å². The van der Waals surface area contributed by atoms with Gasteiger partial charge in [0.2, 0.25) is 5.78 Å². The summed E-state index contributed by atoms with van der Waals surface area (Å²) in [5.74, 6) is -1.97. The van der Waals surface area contributed by atoms with Crippen LogP contribution in [0.4, 0.5) is 8.78 Å². The van der Waals surface area contributed by atoms with Crippen LogP contribution in [0.5, 0.6) is 0 Å². The lowest BCUT2D eigenvalue weighted by Crippen LogP contribution is -2.15. The van der Waals surface area contributed by atoms with Crippen molar-refractivity contribution in [2.45, 2.75) is 12.8 Å². The van der Waals surface area contributed by atoms with Gasteiger partial charge < -0.3 is 4.98 Å². The normalized spacial score (nSPS) is 11.0. The van der Waals surface area contributed by atoms with Gasteiger partial charge in [-0.05, 0) is 12.1 Å². The number of alkyl halides is 2. The number of Topliss-reactive ketones (excluding diaryl/α,β-unsaturated/α-hetero) is 2. The third-order valence-electron chi connectivity index (χ3n) is 2.41. The molecule has 0 unspecified atom stereocenters. The van der Waals surface area contributed by atoms with Crippen molar-refractivity contribution in [3.63, 3.8) is 0 Å². The number of aromatic nitrogens is 1. The minimum absolute atomic E-state index is 0.181. The number of benzene rings is 1. The highest BCUT2D eigenvalue weighted by Crippen LogP contribution is 2.16. The molecule has 0 aliphatic rings. The lowest BCUT2D eigenvalue weighted by Gasteiger charge is -1.96. The van der Waals surface area contributed by atoms with E-state index in [4.69, 9.17) is 0 Å². The summed E-state index contributed by atoms with van der Waals surface area (Å²) in [6.45, 7) is 0. The van der Waals surface area contributed by atoms with Gasteiger partial charge in [-0.25, -0.2) is 8.78 Å². The van der Waals surface area contributed by atoms with E-state index in [-0.39, 0.29) is 5.69 Å². The molecule has 0 radical (unpaired) electrons. The molecule has 1 N–H and O–H groups in total. The number of H-pyrrole nitrogens is 1. The zero-order valence-corrected chi connectivity index (χ0v) is 8.74. The number of fused-ring (bicyclic) bond motifs is 1. The smallest absolute Gasteiger partial charge is 0.296 e. The third kappa shape index (κ3) is 2.38. The highest BCUT2D eigenvalue weighted by atomic mass is 19.3. The molecule has 0 saturated heterocycles. The number of halogens is 2. The highest BCUT2D eigenvalue weighted by Gasteiger charge is 2.20. The summed E-state index contributed by atoms with van der Waals surface area (Å²) in [6.07, 6.45) is -3.87. The molecular formula is C12H9F2NO2. The Morgan fingerprint density at radius 3 is 2.59 bits per heavy atom. The van der Waals surface area contributed by atoms with E-state index in [9.17, 15) is 18.4 Å². The molecule has 0 bridgehead atoms. The maximum atomic E-state index is 12.0. The highest BCUT2D eigenvalue weighted by molar-refractivity contribution is 6.09. The Kier molecular flexibility index (Phi) is 2.99. The molecule has 1 aromatic carbocycles. The van der Waals surface area contributed by atoms with Crippen molar-refractivity contribution in [3.05, 3.63) is 36.0 Å². The Hall–Kier alpha value is -2.04. The number of hydrogen-bond acceptors (Lipinski definition) is 2. The van der Waals surface area contributed by atoms with E-state index in [1.165, 1.54) is 0 Å². The molecule has 0 aliphatic heterocycles. The van der Waals surface area contributed by atoms with Gasteiger partial charge in [0, 0.05) is 10.9 Å². The molecular weight excluding hydrogens is 228 g/mol. The Morgan fingerprint density at radius 1 is 1.24 bits per heavy atom. The van der Waals surface area contributed by atoms with Crippen LogP contribution in [0.1, 0.15) is 16.9 Å². The van der Waals surface area contributed by atoms with Gasteiger partial charge in [-0.2, -0.15) is 0 Å². The van der Waals surface area contributed by atoms with Crippen LogP contribution in [0.3, 0.4) is 0 Å². The molecule has 2 aromatic rings. The van der Waals surface area contributed by atoms with Gasteiger partial charge in [0.25, 0.3) is 6.43 Å². The number of carbonyl (C=O) groups excluding carboxylic acids is 2. The number of ketones is 2. The summed E-state index contributed by atoms with van der Waals surface area (Å²) in [5, 5.41) is 0.806. The Labute approximate surface area is 95.4 Å². The van der Waals surface area contributed by atoms with Crippen molar-refractivity contribution < 1.29 is 18.4 Å². The van der Waals surface area contributed by atoms with E-state index in [2.05, 4.69) is 4.98 Å². The van der Waals surface area contributed by atoms with Gasteiger partial charge in [0.05, 0.1) is 12.1 Å². The number of aromatic amines is 1. The number of para-hydroxylation sites is 1. The molecule has 2 rings (SSSR count). The minimum atomic E-state index is -3.09. The molecule has 3 nitrogen and oxygen atoms in total. The largest absolute Gasteiger partial charge is 0.352 e. The van der Waals surface area contributed by atoms with Gasteiger partial charge in [-0.1, -0.05) is 18.2 Å². The van der Waals surface area contributed by atoms with Crippen LogP contribution in [0.15, 0.2) is 30.3 Å². The zero-order valence-electron chi connectivity index (χ0n) is 8.74. The minimum Gasteiger partial charge on any atom is -0.352 e. The second-order valence-electron chi connectivity index (χ2n) is 3.64. The Bertz CT molecular complexity index is 542. The zero-order chi connectivity index (χ0) is 12.4. The van der Waals surface area contributed by atoms with E-state index < -0.39 is 24.4 Å². The predicted octanol–water partition coefficient (Wildman–Crippen LogP) is 2.57. The van der Waals surface area contributed by atoms with Crippen LogP contribution in [-0.2, 0) is 4.79 Å². The first-order valence-electron chi connectivity index (χ1n) is 5.00. The molecule has 0 aliphatic carbocycles. The summed E-state index contributed by atoms with van der Waals surface area (Å²) in [5.41, 5.74) is 0.917. The summed E-state index contributed by atoms with van der Waals surface area (Å²) < 4.78 is 24.0. The number of hydrogen-bond donors (Lipinski definition) is 1. The van der Waals surface area contributed by atoms with Crippen LogP contribution in [-0.4, -0.2) is 23.0 Å². The van der Waals surface area contributed by atoms with Gasteiger partial charge in [0.1, 0.15) is 0 Å². The summed E-state index contributed by atoms with van der Waals surface area (Å²) in [6, 6.07) is 8.70. The summed E-state index contributed by atoms with van der Waals surface area (Å²) in [7, 11) is 0. The standard InChI is InChI=1S/C12H9F2NO2/c13-12(14)11(17)6-10(16)9-5-7-3-1-2-4-8(7)15-9/h1-5,12,15H,6H2. The molecule has 0 spiro atoms. The molecule has 1 heterocycles. The number of nitrogens with one attached hydrogen (secondary N) is 1. The summed E-state index contributed by atoms with van der Waals surface area (Å²) in [4.78, 5) is 25.1. The maximum absolute atomic E-state index is 12.0. The van der Waals surface area contributed by atoms with Crippen LogP contribution in [0.25, 0.3) is 10.9 Å². The SMILES string of the molecule is O=C(CC(=O)C(F)F)c1cc2ccccc2[nH]1. The fourth-order valence-electron chi connectivity index (χ4n) is 1.55. The van der Waals surface area contributed by atoms with Crippen LogP contribution in [0, 0.1) is 0 Å². The Morgan fingerprint density at radius 2 is 1.94 bits per heavy atom. The van der Waals surface area contributed by atoms with Gasteiger partial charge >= 0.3 is 0 Å². The van der Waals surface area contributed by atoms with Crippen LogP contribution in [0.2, 0.25) is 0 Å². The first-order valence-corrected chi connectivity index (χ1v) is 5.00. The molecule has 1 aromatic heterocycles. The molecule has 5 heteroatoms. The van der Waals surface area contributed by atoms with E-state index in [1.54, 1.807) is 30.3 Å². The van der Waals surface area contributed by atoms with E-state index in [0.29, 0.717) is 0 Å². The summed E-state index contributed by atoms with van der Waals surface area (Å²) >= 11 is 0. The van der Waals surface area contributed by atoms with Crippen molar-refractivity contribution in [1.82, 2.24) is 4.98 Å². The molecule has 0 saturated carbocycles. The first kappa shape index (κ1) is 11.4. The second-order valence-corrected chi connectivity index (χ2v) is 3.64. The molecule has 0 amide bonds. The average molecular weight is 237 g/mol. The fourth-order valence-corrected chi connectivity index (χ4v) is 1.55. The average Bonchev–Trinajstić information content (AvgIpc) is 2.72. The lowest BCUT2D eigenvalue weighted by molar-refractivity contribution is -0.128. The van der Waals surface area contributed by atoms with Gasteiger partial charge in [-0.15, -0.1) is 0 Å². The van der Waals surface area contributed by atoms with Crippen LogP contribution < -0.4 is 0 Å². The third-order valence-corrected chi connectivity index (χ3v) is 2.41. The maximum Gasteiger partial charge on any atom is 0.296 e. The molecule has 88 valence electrons. The number of carbonyl (C=O) groups is 2. The predicted molar refractivity (Wildman–Crippen MR) is 58.3 cm³/mol. The quantitative estimate of drug-likeness (QED) is 0.656. The topological polar surface area (TPSA) is 49.9 Å². The number of rotatable bonds is 4. The van der Waals surface area contributed by atoms with Crippen LogP contribution >= 0.6 is 0 Å². The van der Waals surface area contributed by atoms with Crippen molar-refractivity contribution in [2.24, 2.45) is 0 Å². The van der Waals surface area contributed by atoms with Crippen molar-refractivity contribution in [3.8, 4) is 0 Å². The van der Waals surface area contributed by atoms with E-state index in [0.717, 1.165) is 10.9 Å². The first-order chi connectivity index (χ1) is 8.08. The molecule has 0 fully saturated rings. The van der Waals surface area contributed by atoms with Gasteiger partial charge in [0.15, 0.2) is 5.78 Å². The second kappa shape index (κ2) is 4.45.